The third-order valence-electron chi connectivity index (χ3n) is 2.78. The van der Waals surface area contributed by atoms with Gasteiger partial charge >= 0.3 is 12.0 Å². The molecule has 0 aliphatic rings. The lowest BCUT2D eigenvalue weighted by atomic mass is 10.1. The highest BCUT2D eigenvalue weighted by molar-refractivity contribution is 5.77. The molecule has 106 valence electrons. The molecule has 0 bridgehead atoms. The van der Waals surface area contributed by atoms with Gasteiger partial charge in [0.25, 0.3) is 0 Å². The zero-order valence-corrected chi connectivity index (χ0v) is 11.1. The number of benzene rings is 1. The van der Waals surface area contributed by atoms with Crippen LogP contribution in [0.25, 0.3) is 11.4 Å². The lowest BCUT2D eigenvalue weighted by Gasteiger charge is -2.16. The van der Waals surface area contributed by atoms with Gasteiger partial charge in [-0.1, -0.05) is 35.0 Å². The molecule has 0 saturated heterocycles. The van der Waals surface area contributed by atoms with E-state index in [2.05, 4.69) is 15.5 Å². The van der Waals surface area contributed by atoms with Crippen LogP contribution in [0, 0.1) is 6.92 Å². The predicted octanol–water partition coefficient (Wildman–Crippen LogP) is 1.29. The van der Waals surface area contributed by atoms with Gasteiger partial charge in [-0.15, -0.1) is 0 Å². The van der Waals surface area contributed by atoms with Gasteiger partial charge < -0.3 is 20.1 Å². The fraction of sp³-hybridized carbons (Fsp3) is 0.308. The summed E-state index contributed by atoms with van der Waals surface area (Å²) < 4.78 is 4.95. The molecule has 7 heteroatoms. The van der Waals surface area contributed by atoms with E-state index in [0.29, 0.717) is 5.82 Å². The normalized spacial score (nSPS) is 13.8. The molecule has 2 rings (SSSR count). The van der Waals surface area contributed by atoms with E-state index in [0.717, 1.165) is 11.1 Å². The Labute approximate surface area is 115 Å². The highest BCUT2D eigenvalue weighted by Gasteiger charge is 2.30. The average Bonchev–Trinajstić information content (AvgIpc) is 2.86. The molecule has 0 unspecified atom stereocenters. The summed E-state index contributed by atoms with van der Waals surface area (Å²) in [6, 6.07) is 7.62. The van der Waals surface area contributed by atoms with Crippen LogP contribution >= 0.6 is 0 Å². The second-order valence-corrected chi connectivity index (χ2v) is 4.72. The Morgan fingerprint density at radius 1 is 1.40 bits per heavy atom. The molecular weight excluding hydrogens is 262 g/mol. The monoisotopic (exact) mass is 277 g/mol. The number of nitrogens with zero attached hydrogens (tertiary/aromatic N) is 2. The van der Waals surface area contributed by atoms with E-state index < -0.39 is 11.6 Å². The zero-order chi connectivity index (χ0) is 14.8. The Kier molecular flexibility index (Phi) is 3.71. The van der Waals surface area contributed by atoms with Gasteiger partial charge in [-0.3, -0.25) is 0 Å². The number of hydrogen-bond acceptors (Lipinski definition) is 6. The number of aliphatic hydroxyl groups is 1. The topological polar surface area (TPSA) is 108 Å². The van der Waals surface area contributed by atoms with Crippen molar-refractivity contribution in [3.8, 4) is 11.4 Å². The average molecular weight is 277 g/mol. The van der Waals surface area contributed by atoms with Crippen molar-refractivity contribution in [3.05, 3.63) is 29.8 Å². The molecule has 0 amide bonds. The van der Waals surface area contributed by atoms with Gasteiger partial charge in [-0.05, 0) is 13.8 Å². The van der Waals surface area contributed by atoms with Gasteiger partial charge in [0.15, 0.2) is 5.60 Å². The number of hydrogen-bond donors (Lipinski definition) is 3. The molecule has 3 N–H and O–H groups in total. The Hall–Kier alpha value is -2.41. The molecule has 0 saturated carbocycles. The van der Waals surface area contributed by atoms with Crippen LogP contribution in [0.1, 0.15) is 12.5 Å². The van der Waals surface area contributed by atoms with Crippen molar-refractivity contribution in [2.24, 2.45) is 0 Å². The van der Waals surface area contributed by atoms with Gasteiger partial charge in [-0.25, -0.2) is 4.79 Å². The molecular formula is C13H15N3O4. The molecule has 7 nitrogen and oxygen atoms in total. The van der Waals surface area contributed by atoms with Crippen molar-refractivity contribution >= 4 is 12.0 Å². The van der Waals surface area contributed by atoms with Crippen LogP contribution in [0.3, 0.4) is 0 Å². The van der Waals surface area contributed by atoms with Crippen molar-refractivity contribution in [1.29, 1.82) is 0 Å². The first-order valence-corrected chi connectivity index (χ1v) is 5.99. The number of carboxylic acids is 1. The predicted molar refractivity (Wildman–Crippen MR) is 71.2 cm³/mol. The van der Waals surface area contributed by atoms with Crippen LogP contribution in [0.5, 0.6) is 0 Å². The molecule has 1 aromatic carbocycles. The van der Waals surface area contributed by atoms with Crippen LogP contribution in [0.2, 0.25) is 0 Å². The summed E-state index contributed by atoms with van der Waals surface area (Å²) in [6.45, 7) is 2.92. The van der Waals surface area contributed by atoms with Crippen molar-refractivity contribution in [1.82, 2.24) is 10.1 Å². The van der Waals surface area contributed by atoms with E-state index in [4.69, 9.17) is 9.63 Å². The van der Waals surface area contributed by atoms with Gasteiger partial charge in [0.1, 0.15) is 0 Å². The Morgan fingerprint density at radius 3 is 2.65 bits per heavy atom. The smallest absolute Gasteiger partial charge is 0.337 e. The third-order valence-corrected chi connectivity index (χ3v) is 2.78. The highest BCUT2D eigenvalue weighted by atomic mass is 16.5. The number of anilines is 1. The molecule has 1 atom stereocenters. The first-order chi connectivity index (χ1) is 9.38. The number of nitrogens with one attached hydrogen (secondary N) is 1. The minimum atomic E-state index is -1.90. The molecule has 2 aromatic rings. The maximum atomic E-state index is 10.7. The maximum absolute atomic E-state index is 10.7. The fourth-order valence-corrected chi connectivity index (χ4v) is 1.44. The van der Waals surface area contributed by atoms with Gasteiger partial charge in [0.05, 0.1) is 6.54 Å². The number of rotatable bonds is 5. The van der Waals surface area contributed by atoms with Crippen LogP contribution in [-0.2, 0) is 4.79 Å². The summed E-state index contributed by atoms with van der Waals surface area (Å²) >= 11 is 0. The zero-order valence-electron chi connectivity index (χ0n) is 11.1. The number of carbonyl (C=O) groups is 1. The molecule has 0 aliphatic carbocycles. The standard InChI is InChI=1S/C13H15N3O4/c1-8-3-5-9(6-4-8)10-15-12(20-16-10)14-7-13(2,19)11(17)18/h3-6,19H,7H2,1-2H3,(H,17,18)(H,14,15,16)/t13-/m0/s1. The van der Waals surface area contributed by atoms with Crippen molar-refractivity contribution in [2.75, 3.05) is 11.9 Å². The quantitative estimate of drug-likeness (QED) is 0.755. The largest absolute Gasteiger partial charge is 0.479 e. The van der Waals surface area contributed by atoms with Crippen LogP contribution in [0.4, 0.5) is 6.01 Å². The van der Waals surface area contributed by atoms with E-state index in [-0.39, 0.29) is 12.6 Å². The summed E-state index contributed by atoms with van der Waals surface area (Å²) in [6.07, 6.45) is 0. The summed E-state index contributed by atoms with van der Waals surface area (Å²) in [5.41, 5.74) is 0.00359. The van der Waals surface area contributed by atoms with Crippen molar-refractivity contribution in [3.63, 3.8) is 0 Å². The molecule has 0 fully saturated rings. The first kappa shape index (κ1) is 14.0. The molecule has 1 aromatic heterocycles. The van der Waals surface area contributed by atoms with E-state index in [1.165, 1.54) is 6.92 Å². The summed E-state index contributed by atoms with van der Waals surface area (Å²) in [7, 11) is 0. The first-order valence-electron chi connectivity index (χ1n) is 5.99. The van der Waals surface area contributed by atoms with Gasteiger partial charge in [0, 0.05) is 5.56 Å². The molecule has 0 aliphatic heterocycles. The maximum Gasteiger partial charge on any atom is 0.337 e. The van der Waals surface area contributed by atoms with E-state index in [9.17, 15) is 9.90 Å². The van der Waals surface area contributed by atoms with E-state index >= 15 is 0 Å². The number of aryl methyl sites for hydroxylation is 1. The SMILES string of the molecule is Cc1ccc(-c2noc(NC[C@](C)(O)C(=O)O)n2)cc1. The van der Waals surface area contributed by atoms with Gasteiger partial charge in [-0.2, -0.15) is 4.98 Å². The molecule has 0 radical (unpaired) electrons. The van der Waals surface area contributed by atoms with Crippen LogP contribution in [-0.4, -0.2) is 38.5 Å². The lowest BCUT2D eigenvalue weighted by Crippen LogP contribution is -2.41. The number of aromatic nitrogens is 2. The molecule has 0 spiro atoms. The fourth-order valence-electron chi connectivity index (χ4n) is 1.44. The summed E-state index contributed by atoms with van der Waals surface area (Å²) in [5.74, 6) is -0.939. The van der Waals surface area contributed by atoms with Crippen molar-refractivity contribution in [2.45, 2.75) is 19.4 Å². The second-order valence-electron chi connectivity index (χ2n) is 4.72. The molecule has 20 heavy (non-hydrogen) atoms. The minimum Gasteiger partial charge on any atom is -0.479 e. The van der Waals surface area contributed by atoms with Crippen molar-refractivity contribution < 1.29 is 19.5 Å². The van der Waals surface area contributed by atoms with E-state index in [1.54, 1.807) is 0 Å². The molecule has 1 heterocycles. The summed E-state index contributed by atoms with van der Waals surface area (Å²) in [5, 5.41) is 24.7. The van der Waals surface area contributed by atoms with E-state index in [1.807, 2.05) is 31.2 Å². The van der Waals surface area contributed by atoms with Crippen LogP contribution in [0.15, 0.2) is 28.8 Å². The highest BCUT2D eigenvalue weighted by Crippen LogP contribution is 2.18. The second kappa shape index (κ2) is 5.30. The third kappa shape index (κ3) is 3.12. The minimum absolute atomic E-state index is 0.0575. The lowest BCUT2D eigenvalue weighted by molar-refractivity contribution is -0.155. The van der Waals surface area contributed by atoms with Crippen LogP contribution < -0.4 is 5.32 Å². The Bertz CT molecular complexity index is 604. The number of aliphatic carboxylic acids is 1. The Morgan fingerprint density at radius 2 is 2.05 bits per heavy atom. The van der Waals surface area contributed by atoms with Gasteiger partial charge in [0.2, 0.25) is 5.82 Å². The summed E-state index contributed by atoms with van der Waals surface area (Å²) in [4.78, 5) is 14.8. The number of carboxylic acid groups (broad SMARTS) is 1. The Balaban J connectivity index is 2.06.